The van der Waals surface area contributed by atoms with E-state index in [-0.39, 0.29) is 18.9 Å². The lowest BCUT2D eigenvalue weighted by Crippen LogP contribution is -2.65. The van der Waals surface area contributed by atoms with Gasteiger partial charge >= 0.3 is 0 Å². The normalized spacial score (nSPS) is 28.2. The van der Waals surface area contributed by atoms with Crippen molar-refractivity contribution in [2.45, 2.75) is 248 Å². The smallest absolute Gasteiger partial charge is 0.220 e. The van der Waals surface area contributed by atoms with Crippen LogP contribution in [0.2, 0.25) is 0 Å². The monoisotopic (exact) mass is 874 g/mol. The lowest BCUT2D eigenvalue weighted by atomic mass is 9.97. The number of allylic oxidation sites excluding steroid dienone is 3. The molecule has 0 saturated carbocycles. The summed E-state index contributed by atoms with van der Waals surface area (Å²) >= 11 is 0. The Morgan fingerprint density at radius 2 is 1.05 bits per heavy atom. The molecule has 1 amide bonds. The molecule has 0 aromatic heterocycles. The van der Waals surface area contributed by atoms with E-state index in [2.05, 4.69) is 31.3 Å². The quantitative estimate of drug-likeness (QED) is 0.0285. The zero-order valence-electron chi connectivity index (χ0n) is 37.7. The van der Waals surface area contributed by atoms with Gasteiger partial charge in [0, 0.05) is 6.42 Å². The summed E-state index contributed by atoms with van der Waals surface area (Å²) < 4.78 is 22.6. The molecule has 2 rings (SSSR count). The van der Waals surface area contributed by atoms with Crippen molar-refractivity contribution in [1.82, 2.24) is 5.32 Å². The summed E-state index contributed by atoms with van der Waals surface area (Å²) in [5.41, 5.74) is 0. The van der Waals surface area contributed by atoms with Crippen LogP contribution in [0.3, 0.4) is 0 Å². The molecule has 0 aromatic rings. The molecular weight excluding hydrogens is 787 g/mol. The van der Waals surface area contributed by atoms with Crippen LogP contribution in [0.4, 0.5) is 0 Å². The molecule has 0 aromatic carbocycles. The van der Waals surface area contributed by atoms with Crippen molar-refractivity contribution in [2.75, 3.05) is 19.8 Å². The fraction of sp³-hybridized carbons (Fsp3) is 0.894. The van der Waals surface area contributed by atoms with Crippen molar-refractivity contribution in [3.8, 4) is 0 Å². The average Bonchev–Trinajstić information content (AvgIpc) is 3.26. The summed E-state index contributed by atoms with van der Waals surface area (Å²) in [5, 5.41) is 86.3. The summed E-state index contributed by atoms with van der Waals surface area (Å²) in [4.78, 5) is 13.0. The van der Waals surface area contributed by atoms with E-state index in [1.807, 2.05) is 6.08 Å². The minimum Gasteiger partial charge on any atom is -0.394 e. The number of amides is 1. The Morgan fingerprint density at radius 3 is 1.61 bits per heavy atom. The highest BCUT2D eigenvalue weighted by Gasteiger charge is 2.51. The standard InChI is InChI=1S/C47H87NO13/c1-3-5-7-9-11-12-13-14-15-16-17-18-19-20-21-22-23-24-25-26-28-30-36(51)35(48-39(52)31-29-27-10-8-6-4-2)34-58-46-44(57)42(55)45(38(33-50)60-46)61-47-43(56)41(54)40(53)37(32-49)59-47/h23-24,28,30,35-38,40-47,49-51,53-57H,3-22,25-27,29,31-34H2,1-2H3,(H,48,52)/b24-23+,30-28+. The van der Waals surface area contributed by atoms with Crippen molar-refractivity contribution >= 4 is 5.91 Å². The van der Waals surface area contributed by atoms with E-state index in [1.165, 1.54) is 96.3 Å². The Balaban J connectivity index is 1.80. The number of carbonyl (C=O) groups is 1. The largest absolute Gasteiger partial charge is 0.394 e. The van der Waals surface area contributed by atoms with Crippen LogP contribution in [0.25, 0.3) is 0 Å². The van der Waals surface area contributed by atoms with Crippen molar-refractivity contribution in [3.05, 3.63) is 24.3 Å². The number of aliphatic hydroxyl groups excluding tert-OH is 8. The molecule has 9 N–H and O–H groups in total. The zero-order chi connectivity index (χ0) is 44.7. The Bertz CT molecular complexity index is 1130. The maximum atomic E-state index is 13.0. The first-order valence-electron chi connectivity index (χ1n) is 24.1. The van der Waals surface area contributed by atoms with Crippen LogP contribution in [0.15, 0.2) is 24.3 Å². The number of rotatable bonds is 36. The van der Waals surface area contributed by atoms with Crippen LogP contribution in [-0.4, -0.2) is 140 Å². The minimum absolute atomic E-state index is 0.260. The van der Waals surface area contributed by atoms with E-state index >= 15 is 0 Å². The number of hydrogen-bond acceptors (Lipinski definition) is 13. The van der Waals surface area contributed by atoms with Crippen molar-refractivity contribution < 1.29 is 64.6 Å². The number of hydrogen-bond donors (Lipinski definition) is 9. The molecule has 2 heterocycles. The summed E-state index contributed by atoms with van der Waals surface area (Å²) in [6.45, 7) is 2.68. The van der Waals surface area contributed by atoms with Gasteiger partial charge in [-0.2, -0.15) is 0 Å². The lowest BCUT2D eigenvalue weighted by Gasteiger charge is -2.46. The highest BCUT2D eigenvalue weighted by Crippen LogP contribution is 2.30. The van der Waals surface area contributed by atoms with E-state index < -0.39 is 86.8 Å². The number of aliphatic hydroxyl groups is 8. The van der Waals surface area contributed by atoms with Gasteiger partial charge in [-0.25, -0.2) is 0 Å². The molecule has 2 aliphatic heterocycles. The maximum absolute atomic E-state index is 13.0. The predicted molar refractivity (Wildman–Crippen MR) is 235 cm³/mol. The molecule has 358 valence electrons. The van der Waals surface area contributed by atoms with Gasteiger partial charge in [-0.15, -0.1) is 0 Å². The Hall–Kier alpha value is -1.53. The molecule has 61 heavy (non-hydrogen) atoms. The molecule has 12 atom stereocenters. The van der Waals surface area contributed by atoms with E-state index in [1.54, 1.807) is 6.08 Å². The second-order valence-corrected chi connectivity index (χ2v) is 17.2. The first-order chi connectivity index (χ1) is 29.6. The third-order valence-corrected chi connectivity index (χ3v) is 11.9. The molecular formula is C47H87NO13. The van der Waals surface area contributed by atoms with Crippen LogP contribution in [0, 0.1) is 0 Å². The van der Waals surface area contributed by atoms with Crippen molar-refractivity contribution in [2.24, 2.45) is 0 Å². The van der Waals surface area contributed by atoms with E-state index in [0.29, 0.717) is 12.8 Å². The van der Waals surface area contributed by atoms with Crippen LogP contribution >= 0.6 is 0 Å². The predicted octanol–water partition coefficient (Wildman–Crippen LogP) is 5.38. The summed E-state index contributed by atoms with van der Waals surface area (Å²) in [5.74, 6) is -0.260. The number of nitrogens with one attached hydrogen (secondary N) is 1. The fourth-order valence-corrected chi connectivity index (χ4v) is 7.89. The van der Waals surface area contributed by atoms with Gasteiger partial charge in [-0.3, -0.25) is 4.79 Å². The number of carbonyl (C=O) groups excluding carboxylic acids is 1. The summed E-state index contributed by atoms with van der Waals surface area (Å²) in [6, 6.07) is -0.923. The molecule has 2 aliphatic rings. The van der Waals surface area contributed by atoms with Crippen molar-refractivity contribution in [1.29, 1.82) is 0 Å². The molecule has 0 bridgehead atoms. The average molecular weight is 874 g/mol. The van der Waals surface area contributed by atoms with Crippen LogP contribution in [-0.2, 0) is 23.7 Å². The molecule has 12 unspecified atom stereocenters. The molecule has 0 radical (unpaired) electrons. The summed E-state index contributed by atoms with van der Waals surface area (Å²) in [7, 11) is 0. The Morgan fingerprint density at radius 1 is 0.574 bits per heavy atom. The zero-order valence-corrected chi connectivity index (χ0v) is 37.7. The molecule has 2 fully saturated rings. The van der Waals surface area contributed by atoms with Crippen LogP contribution < -0.4 is 5.32 Å². The van der Waals surface area contributed by atoms with E-state index in [4.69, 9.17) is 18.9 Å². The minimum atomic E-state index is -1.79. The SMILES string of the molecule is CCCCCCCCCCCCCCCCC/C=C/CC/C=C/C(O)C(COC1OC(CO)C(OC2OC(CO)C(O)C(O)C2O)C(O)C1O)NC(=O)CCCCCCCC. The highest BCUT2D eigenvalue weighted by molar-refractivity contribution is 5.76. The molecule has 14 nitrogen and oxygen atoms in total. The van der Waals surface area contributed by atoms with Crippen molar-refractivity contribution in [3.63, 3.8) is 0 Å². The first-order valence-corrected chi connectivity index (χ1v) is 24.1. The highest BCUT2D eigenvalue weighted by atomic mass is 16.7. The summed E-state index contributed by atoms with van der Waals surface area (Å²) in [6.07, 6.45) is 19.9. The second kappa shape index (κ2) is 34.8. The molecule has 2 saturated heterocycles. The van der Waals surface area contributed by atoms with Crippen LogP contribution in [0.1, 0.15) is 174 Å². The third-order valence-electron chi connectivity index (χ3n) is 11.9. The van der Waals surface area contributed by atoms with Gasteiger partial charge in [-0.1, -0.05) is 160 Å². The van der Waals surface area contributed by atoms with Gasteiger partial charge in [0.2, 0.25) is 5.91 Å². The number of ether oxygens (including phenoxy) is 4. The van der Waals surface area contributed by atoms with Crippen LogP contribution in [0.5, 0.6) is 0 Å². The van der Waals surface area contributed by atoms with Gasteiger partial charge in [0.1, 0.15) is 48.8 Å². The Labute approximate surface area is 367 Å². The van der Waals surface area contributed by atoms with Gasteiger partial charge in [-0.05, 0) is 32.1 Å². The van der Waals surface area contributed by atoms with E-state index in [9.17, 15) is 45.6 Å². The third kappa shape index (κ3) is 22.8. The second-order valence-electron chi connectivity index (χ2n) is 17.2. The topological polar surface area (TPSA) is 228 Å². The molecule has 14 heteroatoms. The molecule has 0 spiro atoms. The molecule has 0 aliphatic carbocycles. The van der Waals surface area contributed by atoms with Gasteiger partial charge < -0.3 is 65.1 Å². The lowest BCUT2D eigenvalue weighted by molar-refractivity contribution is -0.359. The van der Waals surface area contributed by atoms with Gasteiger partial charge in [0.05, 0.1) is 32.0 Å². The van der Waals surface area contributed by atoms with E-state index in [0.717, 1.165) is 44.9 Å². The number of unbranched alkanes of at least 4 members (excludes halogenated alkanes) is 21. The first kappa shape index (κ1) is 55.6. The van der Waals surface area contributed by atoms with Gasteiger partial charge in [0.25, 0.3) is 0 Å². The Kier molecular flexibility index (Phi) is 31.7. The maximum Gasteiger partial charge on any atom is 0.220 e. The fourth-order valence-electron chi connectivity index (χ4n) is 7.89. The van der Waals surface area contributed by atoms with Gasteiger partial charge in [0.15, 0.2) is 12.6 Å².